The highest BCUT2D eigenvalue weighted by atomic mass is 19.1. The highest BCUT2D eigenvalue weighted by Gasteiger charge is 2.13. The first-order valence-corrected chi connectivity index (χ1v) is 6.31. The summed E-state index contributed by atoms with van der Waals surface area (Å²) in [6.45, 7) is 1.99. The van der Waals surface area contributed by atoms with Crippen molar-refractivity contribution in [1.29, 1.82) is 5.26 Å². The maximum absolute atomic E-state index is 13.7. The Balaban J connectivity index is 1.84. The van der Waals surface area contributed by atoms with E-state index >= 15 is 0 Å². The van der Waals surface area contributed by atoms with Crippen molar-refractivity contribution in [2.75, 3.05) is 13.2 Å². The molecule has 96 valence electrons. The van der Waals surface area contributed by atoms with Gasteiger partial charge in [-0.3, -0.25) is 0 Å². The first kappa shape index (κ1) is 13.0. The van der Waals surface area contributed by atoms with Crippen molar-refractivity contribution in [1.82, 2.24) is 5.32 Å². The zero-order valence-electron chi connectivity index (χ0n) is 10.3. The van der Waals surface area contributed by atoms with Gasteiger partial charge in [-0.2, -0.15) is 5.26 Å². The third-order valence-corrected chi connectivity index (χ3v) is 3.16. The van der Waals surface area contributed by atoms with Crippen LogP contribution < -0.4 is 5.32 Å². The van der Waals surface area contributed by atoms with Crippen LogP contribution in [0.15, 0.2) is 18.2 Å². The number of ether oxygens (including phenoxy) is 1. The van der Waals surface area contributed by atoms with Crippen molar-refractivity contribution < 1.29 is 9.13 Å². The average Bonchev–Trinajstić information content (AvgIpc) is 2.42. The molecule has 0 aromatic heterocycles. The number of nitriles is 1. The summed E-state index contributed by atoms with van der Waals surface area (Å²) < 4.78 is 19.3. The van der Waals surface area contributed by atoms with Crippen LogP contribution >= 0.6 is 0 Å². The minimum atomic E-state index is -0.419. The van der Waals surface area contributed by atoms with E-state index < -0.39 is 5.82 Å². The van der Waals surface area contributed by atoms with Gasteiger partial charge in [0.15, 0.2) is 0 Å². The molecule has 0 spiro atoms. The van der Waals surface area contributed by atoms with Gasteiger partial charge in [-0.15, -0.1) is 0 Å². The zero-order chi connectivity index (χ0) is 12.8. The van der Waals surface area contributed by atoms with E-state index in [0.717, 1.165) is 26.0 Å². The van der Waals surface area contributed by atoms with Crippen molar-refractivity contribution in [2.45, 2.75) is 31.9 Å². The fraction of sp³-hybridized carbons (Fsp3) is 0.500. The highest BCUT2D eigenvalue weighted by Crippen LogP contribution is 2.13. The lowest BCUT2D eigenvalue weighted by Gasteiger charge is -2.22. The summed E-state index contributed by atoms with van der Waals surface area (Å²) in [5.41, 5.74) is 0.632. The third kappa shape index (κ3) is 3.28. The molecule has 3 nitrogen and oxygen atoms in total. The molecule has 1 aliphatic heterocycles. The molecule has 0 aliphatic carbocycles. The number of halogens is 1. The molecular weight excluding hydrogens is 231 g/mol. The second-order valence-electron chi connectivity index (χ2n) is 4.51. The molecular formula is C14H17FN2O. The molecule has 1 aliphatic rings. The largest absolute Gasteiger partial charge is 0.377 e. The number of hydrogen-bond acceptors (Lipinski definition) is 3. The Morgan fingerprint density at radius 1 is 1.44 bits per heavy atom. The van der Waals surface area contributed by atoms with Crippen molar-refractivity contribution in [2.24, 2.45) is 0 Å². The normalized spacial score (nSPS) is 19.4. The Hall–Kier alpha value is -1.44. The summed E-state index contributed by atoms with van der Waals surface area (Å²) in [7, 11) is 0. The summed E-state index contributed by atoms with van der Waals surface area (Å²) in [5, 5.41) is 11.9. The molecule has 1 atom stereocenters. The standard InChI is InChI=1S/C14H17FN2O/c15-14-11(8-16)4-3-5-12(14)9-17-10-13-6-1-2-7-18-13/h3-5,13,17H,1-2,6-7,9-10H2. The summed E-state index contributed by atoms with van der Waals surface area (Å²) in [6, 6.07) is 6.74. The maximum Gasteiger partial charge on any atom is 0.145 e. The van der Waals surface area contributed by atoms with Gasteiger partial charge in [0.25, 0.3) is 0 Å². The van der Waals surface area contributed by atoms with Crippen LogP contribution in [0.2, 0.25) is 0 Å². The van der Waals surface area contributed by atoms with Crippen LogP contribution in [0.1, 0.15) is 30.4 Å². The quantitative estimate of drug-likeness (QED) is 0.889. The highest BCUT2D eigenvalue weighted by molar-refractivity contribution is 5.34. The molecule has 0 radical (unpaired) electrons. The SMILES string of the molecule is N#Cc1cccc(CNCC2CCCCO2)c1F. The minimum absolute atomic E-state index is 0.100. The van der Waals surface area contributed by atoms with Gasteiger partial charge in [0.1, 0.15) is 11.9 Å². The summed E-state index contributed by atoms with van der Waals surface area (Å²) in [6.07, 6.45) is 3.63. The molecule has 0 saturated carbocycles. The van der Waals surface area contributed by atoms with E-state index in [4.69, 9.17) is 10.00 Å². The average molecular weight is 248 g/mol. The molecule has 18 heavy (non-hydrogen) atoms. The van der Waals surface area contributed by atoms with Crippen molar-refractivity contribution >= 4 is 0 Å². The van der Waals surface area contributed by atoms with E-state index in [0.29, 0.717) is 12.1 Å². The number of benzene rings is 1. The number of hydrogen-bond donors (Lipinski definition) is 1. The van der Waals surface area contributed by atoms with Crippen LogP contribution in [0.4, 0.5) is 4.39 Å². The Labute approximate surface area is 107 Å². The maximum atomic E-state index is 13.7. The molecule has 1 heterocycles. The lowest BCUT2D eigenvalue weighted by molar-refractivity contribution is 0.0167. The van der Waals surface area contributed by atoms with Gasteiger partial charge in [-0.25, -0.2) is 4.39 Å². The Bertz CT molecular complexity index is 436. The second kappa shape index (κ2) is 6.48. The molecule has 1 unspecified atom stereocenters. The van der Waals surface area contributed by atoms with Crippen molar-refractivity contribution in [3.63, 3.8) is 0 Å². The summed E-state index contributed by atoms with van der Waals surface area (Å²) >= 11 is 0. The monoisotopic (exact) mass is 248 g/mol. The van der Waals surface area contributed by atoms with Gasteiger partial charge in [-0.1, -0.05) is 12.1 Å². The fourth-order valence-corrected chi connectivity index (χ4v) is 2.14. The third-order valence-electron chi connectivity index (χ3n) is 3.16. The minimum Gasteiger partial charge on any atom is -0.377 e. The van der Waals surface area contributed by atoms with E-state index in [2.05, 4.69) is 5.32 Å². The Morgan fingerprint density at radius 3 is 3.06 bits per heavy atom. The van der Waals surface area contributed by atoms with Crippen LogP contribution in [0.25, 0.3) is 0 Å². The molecule has 0 bridgehead atoms. The van der Waals surface area contributed by atoms with Crippen molar-refractivity contribution in [3.05, 3.63) is 35.1 Å². The van der Waals surface area contributed by atoms with Gasteiger partial charge in [0.2, 0.25) is 0 Å². The molecule has 1 saturated heterocycles. The van der Waals surface area contributed by atoms with Gasteiger partial charge >= 0.3 is 0 Å². The fourth-order valence-electron chi connectivity index (χ4n) is 2.14. The van der Waals surface area contributed by atoms with Gasteiger partial charge < -0.3 is 10.1 Å². The topological polar surface area (TPSA) is 45.0 Å². The van der Waals surface area contributed by atoms with Crippen LogP contribution in [0, 0.1) is 17.1 Å². The van der Waals surface area contributed by atoms with Gasteiger partial charge in [0, 0.05) is 25.3 Å². The smallest absolute Gasteiger partial charge is 0.145 e. The summed E-state index contributed by atoms with van der Waals surface area (Å²) in [4.78, 5) is 0. The van der Waals surface area contributed by atoms with Crippen LogP contribution in [0.3, 0.4) is 0 Å². The number of nitrogens with one attached hydrogen (secondary N) is 1. The molecule has 1 fully saturated rings. The van der Waals surface area contributed by atoms with E-state index in [-0.39, 0.29) is 11.7 Å². The van der Waals surface area contributed by atoms with E-state index in [9.17, 15) is 4.39 Å². The van der Waals surface area contributed by atoms with E-state index in [1.54, 1.807) is 12.1 Å². The van der Waals surface area contributed by atoms with Crippen LogP contribution in [-0.4, -0.2) is 19.3 Å². The lowest BCUT2D eigenvalue weighted by atomic mass is 10.1. The van der Waals surface area contributed by atoms with Gasteiger partial charge in [-0.05, 0) is 25.3 Å². The van der Waals surface area contributed by atoms with Crippen molar-refractivity contribution in [3.8, 4) is 6.07 Å². The van der Waals surface area contributed by atoms with E-state index in [1.807, 2.05) is 6.07 Å². The first-order valence-electron chi connectivity index (χ1n) is 6.31. The molecule has 1 aromatic carbocycles. The number of rotatable bonds is 4. The molecule has 4 heteroatoms. The molecule has 0 amide bonds. The molecule has 1 aromatic rings. The predicted octanol–water partition coefficient (Wildman–Crippen LogP) is 2.36. The van der Waals surface area contributed by atoms with Crippen LogP contribution in [0.5, 0.6) is 0 Å². The summed E-state index contributed by atoms with van der Waals surface area (Å²) in [5.74, 6) is -0.419. The molecule has 1 N–H and O–H groups in total. The van der Waals surface area contributed by atoms with Gasteiger partial charge in [0.05, 0.1) is 11.7 Å². The number of nitrogens with zero attached hydrogens (tertiary/aromatic N) is 1. The lowest BCUT2D eigenvalue weighted by Crippen LogP contribution is -2.31. The first-order chi connectivity index (χ1) is 8.81. The van der Waals surface area contributed by atoms with E-state index in [1.165, 1.54) is 12.5 Å². The Kier molecular flexibility index (Phi) is 4.68. The molecule has 2 rings (SSSR count). The Morgan fingerprint density at radius 2 is 2.33 bits per heavy atom. The predicted molar refractivity (Wildman–Crippen MR) is 66.4 cm³/mol. The van der Waals surface area contributed by atoms with Crippen LogP contribution in [-0.2, 0) is 11.3 Å². The zero-order valence-corrected chi connectivity index (χ0v) is 10.3. The second-order valence-corrected chi connectivity index (χ2v) is 4.51.